The highest BCUT2D eigenvalue weighted by Gasteiger charge is 2.28. The van der Waals surface area contributed by atoms with E-state index in [4.69, 9.17) is 24.8 Å². The second-order valence-corrected chi connectivity index (χ2v) is 17.3. The van der Waals surface area contributed by atoms with Gasteiger partial charge in [0.05, 0.1) is 13.2 Å². The van der Waals surface area contributed by atoms with Crippen molar-refractivity contribution in [2.24, 2.45) is 5.73 Å². The molecule has 0 aliphatic rings. The van der Waals surface area contributed by atoms with Crippen LogP contribution < -0.4 is 5.73 Å². The molecule has 0 radical (unpaired) electrons. The summed E-state index contributed by atoms with van der Waals surface area (Å²) in [5.41, 5.74) is 5.34. The summed E-state index contributed by atoms with van der Waals surface area (Å²) < 4.78 is 32.7. The SMILES string of the molecule is CCCCC/C=C\C/C=C\C/C=C\CCCCCCC(=O)O[C@H](COC(=O)CCCCCCCCCCC/C=C\CCCCCCCC)COP(=O)(O)OC[C@H](N)C(=O)O. The quantitative estimate of drug-likeness (QED) is 0.0230. The van der Waals surface area contributed by atoms with Crippen molar-refractivity contribution < 1.29 is 47.5 Å². The minimum Gasteiger partial charge on any atom is -0.480 e. The molecule has 0 saturated heterocycles. The number of allylic oxidation sites excluding steroid dienone is 8. The first kappa shape index (κ1) is 57.4. The maximum absolute atomic E-state index is 12.6. The summed E-state index contributed by atoms with van der Waals surface area (Å²) in [7, 11) is -4.73. The Morgan fingerprint density at radius 2 is 0.883 bits per heavy atom. The van der Waals surface area contributed by atoms with E-state index in [0.29, 0.717) is 12.8 Å². The summed E-state index contributed by atoms with van der Waals surface area (Å²) in [5, 5.41) is 8.90. The number of hydrogen-bond acceptors (Lipinski definition) is 9. The molecule has 0 aromatic heterocycles. The Kier molecular flexibility index (Phi) is 41.3. The lowest BCUT2D eigenvalue weighted by atomic mass is 10.1. The van der Waals surface area contributed by atoms with Crippen molar-refractivity contribution in [1.29, 1.82) is 0 Å². The van der Waals surface area contributed by atoms with Gasteiger partial charge in [0.25, 0.3) is 0 Å². The smallest absolute Gasteiger partial charge is 0.472 e. The van der Waals surface area contributed by atoms with E-state index in [2.05, 4.69) is 67.0 Å². The van der Waals surface area contributed by atoms with Crippen molar-refractivity contribution in [1.82, 2.24) is 0 Å². The van der Waals surface area contributed by atoms with Crippen molar-refractivity contribution in [2.45, 2.75) is 219 Å². The Morgan fingerprint density at radius 3 is 1.37 bits per heavy atom. The summed E-state index contributed by atoms with van der Waals surface area (Å²) in [6.07, 6.45) is 48.8. The molecule has 4 N–H and O–H groups in total. The first-order valence-electron chi connectivity index (χ1n) is 23.7. The van der Waals surface area contributed by atoms with Gasteiger partial charge in [-0.25, -0.2) is 4.57 Å². The van der Waals surface area contributed by atoms with E-state index < -0.39 is 51.1 Å². The van der Waals surface area contributed by atoms with E-state index >= 15 is 0 Å². The average Bonchev–Trinajstić information content (AvgIpc) is 3.22. The first-order chi connectivity index (χ1) is 29.1. The van der Waals surface area contributed by atoms with E-state index in [1.54, 1.807) is 0 Å². The maximum Gasteiger partial charge on any atom is 0.472 e. The summed E-state index contributed by atoms with van der Waals surface area (Å²) in [5.74, 6) is -2.41. The van der Waals surface area contributed by atoms with Crippen molar-refractivity contribution in [2.75, 3.05) is 19.8 Å². The van der Waals surface area contributed by atoms with Crippen LogP contribution in [0.3, 0.4) is 0 Å². The largest absolute Gasteiger partial charge is 0.480 e. The number of nitrogens with two attached hydrogens (primary N) is 1. The van der Waals surface area contributed by atoms with E-state index in [0.717, 1.165) is 64.2 Å². The van der Waals surface area contributed by atoms with Crippen LogP contribution in [-0.2, 0) is 37.5 Å². The van der Waals surface area contributed by atoms with E-state index in [1.807, 2.05) is 0 Å². The molecule has 0 aliphatic carbocycles. The Hall–Kier alpha value is -2.56. The number of carbonyl (C=O) groups excluding carboxylic acids is 2. The summed E-state index contributed by atoms with van der Waals surface area (Å²) in [6.45, 7) is 2.76. The number of ether oxygens (including phenoxy) is 2. The molecular weight excluding hydrogens is 781 g/mol. The first-order valence-corrected chi connectivity index (χ1v) is 25.2. The fourth-order valence-corrected chi connectivity index (χ4v) is 7.08. The minimum atomic E-state index is -4.73. The van der Waals surface area contributed by atoms with Gasteiger partial charge in [-0.15, -0.1) is 0 Å². The molecule has 348 valence electrons. The topological polar surface area (TPSA) is 172 Å². The van der Waals surface area contributed by atoms with Crippen LogP contribution in [0.25, 0.3) is 0 Å². The number of carboxylic acids is 1. The summed E-state index contributed by atoms with van der Waals surface area (Å²) in [4.78, 5) is 46.1. The molecule has 0 aromatic carbocycles. The molecule has 0 aliphatic heterocycles. The molecule has 1 unspecified atom stereocenters. The van der Waals surface area contributed by atoms with Crippen molar-refractivity contribution >= 4 is 25.7 Å². The van der Waals surface area contributed by atoms with Crippen molar-refractivity contribution in [3.05, 3.63) is 48.6 Å². The van der Waals surface area contributed by atoms with E-state index in [1.165, 1.54) is 103 Å². The lowest BCUT2D eigenvalue weighted by Gasteiger charge is -2.20. The van der Waals surface area contributed by atoms with Crippen LogP contribution in [0, 0.1) is 0 Å². The van der Waals surface area contributed by atoms with E-state index in [9.17, 15) is 23.8 Å². The molecule has 0 rings (SSSR count). The second kappa shape index (κ2) is 43.1. The van der Waals surface area contributed by atoms with Gasteiger partial charge >= 0.3 is 25.7 Å². The zero-order valence-electron chi connectivity index (χ0n) is 37.8. The van der Waals surface area contributed by atoms with E-state index in [-0.39, 0.29) is 19.4 Å². The lowest BCUT2D eigenvalue weighted by molar-refractivity contribution is -0.161. The van der Waals surface area contributed by atoms with Gasteiger partial charge in [-0.1, -0.05) is 165 Å². The van der Waals surface area contributed by atoms with Crippen LogP contribution in [0.15, 0.2) is 48.6 Å². The molecule has 0 saturated carbocycles. The molecule has 0 aromatic rings. The van der Waals surface area contributed by atoms with Crippen molar-refractivity contribution in [3.63, 3.8) is 0 Å². The second-order valence-electron chi connectivity index (χ2n) is 15.9. The number of aliphatic carboxylic acids is 1. The third-order valence-electron chi connectivity index (χ3n) is 10.0. The van der Waals surface area contributed by atoms with Crippen LogP contribution in [0.5, 0.6) is 0 Å². The fraction of sp³-hybridized carbons (Fsp3) is 0.771. The zero-order chi connectivity index (χ0) is 44.2. The third-order valence-corrected chi connectivity index (χ3v) is 11.0. The number of unbranched alkanes of at least 4 members (excludes halogenated alkanes) is 22. The van der Waals surface area contributed by atoms with Crippen LogP contribution in [0.4, 0.5) is 0 Å². The van der Waals surface area contributed by atoms with Gasteiger partial charge in [0, 0.05) is 12.8 Å². The Labute approximate surface area is 365 Å². The molecule has 60 heavy (non-hydrogen) atoms. The van der Waals surface area contributed by atoms with Gasteiger partial charge in [-0.2, -0.15) is 0 Å². The summed E-state index contributed by atoms with van der Waals surface area (Å²) >= 11 is 0. The fourth-order valence-electron chi connectivity index (χ4n) is 6.30. The van der Waals surface area contributed by atoms with Crippen LogP contribution in [-0.4, -0.2) is 59.9 Å². The van der Waals surface area contributed by atoms with Crippen molar-refractivity contribution in [3.8, 4) is 0 Å². The predicted molar refractivity (Wildman–Crippen MR) is 245 cm³/mol. The molecule has 12 heteroatoms. The molecule has 0 bridgehead atoms. The Morgan fingerprint density at radius 1 is 0.517 bits per heavy atom. The zero-order valence-corrected chi connectivity index (χ0v) is 38.7. The number of phosphoric ester groups is 1. The number of carbonyl (C=O) groups is 3. The van der Waals surface area contributed by atoms with Crippen LogP contribution in [0.1, 0.15) is 206 Å². The Balaban J connectivity index is 4.34. The van der Waals surface area contributed by atoms with Gasteiger partial charge in [-0.3, -0.25) is 23.4 Å². The molecule has 0 amide bonds. The van der Waals surface area contributed by atoms with Gasteiger partial charge in [0.15, 0.2) is 6.10 Å². The monoisotopic (exact) mass is 868 g/mol. The van der Waals surface area contributed by atoms with Gasteiger partial charge in [0.2, 0.25) is 0 Å². The standard InChI is InChI=1S/C48H86NO10P/c1-3-5-7-9-11-13-15-17-19-21-22-24-25-27-29-31-33-35-37-39-46(50)56-41-44(42-57-60(54,55)58-43-45(49)48(52)53)59-47(51)40-38-36-34-32-30-28-26-23-20-18-16-14-12-10-8-6-4-2/h12,14,17-20,26,28,44-45H,3-11,13,15-16,21-25,27,29-43,49H2,1-2H3,(H,52,53)(H,54,55)/b14-12-,19-17-,20-18-,28-26-/t44-,45+/m1/s1. The number of esters is 2. The third kappa shape index (κ3) is 42.1. The molecule has 0 fully saturated rings. The molecule has 3 atom stereocenters. The number of phosphoric acid groups is 1. The molecule has 0 spiro atoms. The van der Waals surface area contributed by atoms with Gasteiger partial charge in [-0.05, 0) is 77.0 Å². The number of hydrogen-bond donors (Lipinski definition) is 3. The van der Waals surface area contributed by atoms with Gasteiger partial charge in [0.1, 0.15) is 12.6 Å². The van der Waals surface area contributed by atoms with Gasteiger partial charge < -0.3 is 25.2 Å². The Bertz CT molecular complexity index is 1200. The molecular formula is C48H86NO10P. The normalized spacial score (nSPS) is 14.1. The highest BCUT2D eigenvalue weighted by atomic mass is 31.2. The summed E-state index contributed by atoms with van der Waals surface area (Å²) in [6, 6.07) is -1.53. The number of carboxylic acid groups (broad SMARTS) is 1. The average molecular weight is 868 g/mol. The highest BCUT2D eigenvalue weighted by Crippen LogP contribution is 2.43. The van der Waals surface area contributed by atoms with Crippen LogP contribution >= 0.6 is 7.82 Å². The van der Waals surface area contributed by atoms with Crippen LogP contribution in [0.2, 0.25) is 0 Å². The molecule has 11 nitrogen and oxygen atoms in total. The number of rotatable bonds is 44. The predicted octanol–water partition coefficient (Wildman–Crippen LogP) is 13.0. The lowest BCUT2D eigenvalue weighted by Crippen LogP contribution is -2.34. The minimum absolute atomic E-state index is 0.135. The highest BCUT2D eigenvalue weighted by molar-refractivity contribution is 7.47. The molecule has 0 heterocycles. The maximum atomic E-state index is 12.6.